The van der Waals surface area contributed by atoms with Crippen LogP contribution in [0, 0.1) is 13.8 Å². The third kappa shape index (κ3) is 2.96. The Morgan fingerprint density at radius 3 is 2.45 bits per heavy atom. The Labute approximate surface area is 132 Å². The topological polar surface area (TPSA) is 51.1 Å². The van der Waals surface area contributed by atoms with Crippen molar-refractivity contribution in [3.05, 3.63) is 52.8 Å². The Morgan fingerprint density at radius 2 is 1.73 bits per heavy atom. The first-order chi connectivity index (χ1) is 10.5. The third-order valence-electron chi connectivity index (χ3n) is 4.42. The Bertz CT molecular complexity index is 771. The van der Waals surface area contributed by atoms with Crippen LogP contribution in [-0.2, 0) is 29.4 Å². The molecule has 22 heavy (non-hydrogen) atoms. The molecule has 1 N–H and O–H groups in total. The van der Waals surface area contributed by atoms with E-state index in [1.807, 2.05) is 38.1 Å². The second kappa shape index (κ2) is 5.89. The maximum Gasteiger partial charge on any atom is 0.240 e. The number of hydrogen-bond donors (Lipinski definition) is 1. The van der Waals surface area contributed by atoms with Gasteiger partial charge in [-0.15, -0.1) is 0 Å². The Hall–Kier alpha value is -1.59. The molecule has 4 nitrogen and oxygen atoms in total. The summed E-state index contributed by atoms with van der Waals surface area (Å²) in [4.78, 5) is 0.383. The third-order valence-corrected chi connectivity index (χ3v) is 5.88. The van der Waals surface area contributed by atoms with E-state index >= 15 is 0 Å². The maximum atomic E-state index is 12.4. The van der Waals surface area contributed by atoms with E-state index in [4.69, 9.17) is 0 Å². The summed E-state index contributed by atoms with van der Waals surface area (Å²) < 4.78 is 29.6. The first kappa shape index (κ1) is 15.3. The van der Waals surface area contributed by atoms with Crippen molar-refractivity contribution in [3.8, 4) is 0 Å². The lowest BCUT2D eigenvalue weighted by atomic mass is 10.1. The molecule has 0 spiro atoms. The van der Waals surface area contributed by atoms with Gasteiger partial charge in [-0.25, -0.2) is 13.1 Å². The fourth-order valence-electron chi connectivity index (χ4n) is 3.14. The average molecular weight is 318 g/mol. The van der Waals surface area contributed by atoms with Crippen LogP contribution in [0.5, 0.6) is 0 Å². The Kier molecular flexibility index (Phi) is 4.10. The minimum Gasteiger partial charge on any atom is -0.348 e. The van der Waals surface area contributed by atoms with Crippen molar-refractivity contribution in [3.63, 3.8) is 0 Å². The highest BCUT2D eigenvalue weighted by molar-refractivity contribution is 7.89. The van der Waals surface area contributed by atoms with E-state index in [0.717, 1.165) is 30.7 Å². The Balaban J connectivity index is 1.69. The first-order valence-electron chi connectivity index (χ1n) is 7.71. The normalized spacial score (nSPS) is 14.3. The van der Waals surface area contributed by atoms with Crippen LogP contribution in [0.1, 0.15) is 28.9 Å². The summed E-state index contributed by atoms with van der Waals surface area (Å²) in [6, 6.07) is 9.60. The van der Waals surface area contributed by atoms with Crippen LogP contribution in [0.3, 0.4) is 0 Å². The molecule has 2 aromatic rings. The molecule has 1 aromatic heterocycles. The summed E-state index contributed by atoms with van der Waals surface area (Å²) in [6.07, 6.45) is 3.17. The van der Waals surface area contributed by atoms with Gasteiger partial charge in [0.1, 0.15) is 0 Å². The SMILES string of the molecule is Cc1ccc(C)n1CCNS(=O)(=O)c1ccc2c(c1)CCC2. The minimum atomic E-state index is -3.42. The zero-order valence-corrected chi connectivity index (χ0v) is 13.9. The van der Waals surface area contributed by atoms with Crippen molar-refractivity contribution in [2.75, 3.05) is 6.54 Å². The Morgan fingerprint density at radius 1 is 1.05 bits per heavy atom. The molecule has 0 unspecified atom stereocenters. The number of nitrogens with zero attached hydrogens (tertiary/aromatic N) is 1. The zero-order valence-electron chi connectivity index (χ0n) is 13.1. The van der Waals surface area contributed by atoms with E-state index in [0.29, 0.717) is 18.0 Å². The van der Waals surface area contributed by atoms with Crippen molar-refractivity contribution in [1.82, 2.24) is 9.29 Å². The van der Waals surface area contributed by atoms with Gasteiger partial charge in [0.2, 0.25) is 10.0 Å². The predicted molar refractivity (Wildman–Crippen MR) is 87.6 cm³/mol. The van der Waals surface area contributed by atoms with Crippen molar-refractivity contribution >= 4 is 10.0 Å². The molecular formula is C17H22N2O2S. The summed E-state index contributed by atoms with van der Waals surface area (Å²) in [5.74, 6) is 0. The lowest BCUT2D eigenvalue weighted by Gasteiger charge is -2.11. The first-order valence-corrected chi connectivity index (χ1v) is 9.20. The van der Waals surface area contributed by atoms with Crippen molar-refractivity contribution in [1.29, 1.82) is 0 Å². The molecule has 0 bridgehead atoms. The van der Waals surface area contributed by atoms with Crippen molar-refractivity contribution in [2.24, 2.45) is 0 Å². The lowest BCUT2D eigenvalue weighted by Crippen LogP contribution is -2.28. The number of hydrogen-bond acceptors (Lipinski definition) is 2. The predicted octanol–water partition coefficient (Wildman–Crippen LogP) is 2.57. The molecule has 0 radical (unpaired) electrons. The van der Waals surface area contributed by atoms with Crippen LogP contribution >= 0.6 is 0 Å². The number of aromatic nitrogens is 1. The molecule has 0 aliphatic heterocycles. The molecule has 5 heteroatoms. The molecule has 0 saturated heterocycles. The number of nitrogens with one attached hydrogen (secondary N) is 1. The summed E-state index contributed by atoms with van der Waals surface area (Å²) in [6.45, 7) is 5.11. The number of fused-ring (bicyclic) bond motifs is 1. The molecule has 1 heterocycles. The highest BCUT2D eigenvalue weighted by atomic mass is 32.2. The van der Waals surface area contributed by atoms with Crippen molar-refractivity contribution in [2.45, 2.75) is 44.6 Å². The van der Waals surface area contributed by atoms with Gasteiger partial charge in [-0.3, -0.25) is 0 Å². The van der Waals surface area contributed by atoms with Gasteiger partial charge in [0.15, 0.2) is 0 Å². The van der Waals surface area contributed by atoms with E-state index in [-0.39, 0.29) is 0 Å². The second-order valence-corrected chi connectivity index (χ2v) is 7.72. The molecule has 0 atom stereocenters. The number of rotatable bonds is 5. The summed E-state index contributed by atoms with van der Waals surface area (Å²) >= 11 is 0. The fourth-order valence-corrected chi connectivity index (χ4v) is 4.21. The van der Waals surface area contributed by atoms with Crippen LogP contribution in [0.25, 0.3) is 0 Å². The van der Waals surface area contributed by atoms with E-state index in [1.165, 1.54) is 11.1 Å². The lowest BCUT2D eigenvalue weighted by molar-refractivity contribution is 0.569. The van der Waals surface area contributed by atoms with Gasteiger partial charge in [0.05, 0.1) is 4.90 Å². The van der Waals surface area contributed by atoms with Crippen LogP contribution in [0.4, 0.5) is 0 Å². The average Bonchev–Trinajstić information content (AvgIpc) is 3.07. The van der Waals surface area contributed by atoms with E-state index in [2.05, 4.69) is 9.29 Å². The number of benzene rings is 1. The van der Waals surface area contributed by atoms with Gasteiger partial charge in [-0.1, -0.05) is 6.07 Å². The van der Waals surface area contributed by atoms with E-state index in [1.54, 1.807) is 6.07 Å². The highest BCUT2D eigenvalue weighted by Crippen LogP contribution is 2.24. The fraction of sp³-hybridized carbons (Fsp3) is 0.412. The van der Waals surface area contributed by atoms with E-state index in [9.17, 15) is 8.42 Å². The summed E-state index contributed by atoms with van der Waals surface area (Å²) in [5, 5.41) is 0. The van der Waals surface area contributed by atoms with Crippen LogP contribution in [0.2, 0.25) is 0 Å². The molecule has 0 amide bonds. The number of sulfonamides is 1. The molecule has 3 rings (SSSR count). The van der Waals surface area contributed by atoms with Crippen LogP contribution in [0.15, 0.2) is 35.2 Å². The van der Waals surface area contributed by atoms with Gasteiger partial charge in [-0.05, 0) is 68.5 Å². The van der Waals surface area contributed by atoms with Crippen LogP contribution in [-0.4, -0.2) is 19.5 Å². The van der Waals surface area contributed by atoms with Gasteiger partial charge in [0.25, 0.3) is 0 Å². The minimum absolute atomic E-state index is 0.383. The molecule has 1 aromatic carbocycles. The molecular weight excluding hydrogens is 296 g/mol. The molecule has 0 saturated carbocycles. The van der Waals surface area contributed by atoms with Gasteiger partial charge < -0.3 is 4.57 Å². The molecule has 118 valence electrons. The zero-order chi connectivity index (χ0) is 15.7. The van der Waals surface area contributed by atoms with Crippen molar-refractivity contribution < 1.29 is 8.42 Å². The quantitative estimate of drug-likeness (QED) is 0.921. The van der Waals surface area contributed by atoms with E-state index < -0.39 is 10.0 Å². The summed E-state index contributed by atoms with van der Waals surface area (Å²) in [5.41, 5.74) is 4.76. The summed E-state index contributed by atoms with van der Waals surface area (Å²) in [7, 11) is -3.42. The molecule has 1 aliphatic rings. The van der Waals surface area contributed by atoms with Gasteiger partial charge in [-0.2, -0.15) is 0 Å². The monoisotopic (exact) mass is 318 g/mol. The largest absolute Gasteiger partial charge is 0.348 e. The van der Waals surface area contributed by atoms with Gasteiger partial charge >= 0.3 is 0 Å². The highest BCUT2D eigenvalue weighted by Gasteiger charge is 2.18. The maximum absolute atomic E-state index is 12.4. The number of aryl methyl sites for hydroxylation is 4. The van der Waals surface area contributed by atoms with Gasteiger partial charge in [0, 0.05) is 24.5 Å². The smallest absolute Gasteiger partial charge is 0.240 e. The molecule has 0 fully saturated rings. The molecule has 1 aliphatic carbocycles. The second-order valence-electron chi connectivity index (χ2n) is 5.95. The van der Waals surface area contributed by atoms with Crippen LogP contribution < -0.4 is 4.72 Å². The standard InChI is InChI=1S/C17H22N2O2S/c1-13-6-7-14(2)19(13)11-10-18-22(20,21)17-9-8-15-4-3-5-16(15)12-17/h6-9,12,18H,3-5,10-11H2,1-2H3.